The Balaban J connectivity index is 1.90. The number of aryl methyl sites for hydroxylation is 3. The normalized spacial score (nSPS) is 12.0. The lowest BCUT2D eigenvalue weighted by atomic mass is 10.1. The fourth-order valence-electron chi connectivity index (χ4n) is 2.67. The number of carbonyl (C=O) groups excluding carboxylic acids is 1. The summed E-state index contributed by atoms with van der Waals surface area (Å²) in [7, 11) is 0. The molecule has 1 unspecified atom stereocenters. The largest absolute Gasteiger partial charge is 0.481 e. The molecule has 1 aromatic carbocycles. The van der Waals surface area contributed by atoms with E-state index in [1.54, 1.807) is 12.1 Å². The molecule has 0 fully saturated rings. The number of nitrogens with one attached hydrogen (secondary N) is 1. The van der Waals surface area contributed by atoms with Crippen molar-refractivity contribution in [3.8, 4) is 0 Å². The minimum atomic E-state index is -0.814. The van der Waals surface area contributed by atoms with Crippen molar-refractivity contribution in [1.29, 1.82) is 0 Å². The van der Waals surface area contributed by atoms with Crippen LogP contribution < -0.4 is 5.32 Å². The topological polar surface area (TPSA) is 84.2 Å². The lowest BCUT2D eigenvalue weighted by Crippen LogP contribution is -2.19. The zero-order valence-electron chi connectivity index (χ0n) is 14.2. The molecule has 0 aliphatic heterocycles. The monoisotopic (exact) mass is 329 g/mol. The fourth-order valence-corrected chi connectivity index (χ4v) is 2.67. The van der Waals surface area contributed by atoms with Crippen LogP contribution >= 0.6 is 0 Å². The molecular formula is C18H23N3O3. The van der Waals surface area contributed by atoms with Gasteiger partial charge in [-0.15, -0.1) is 0 Å². The van der Waals surface area contributed by atoms with Crippen LogP contribution in [0, 0.1) is 13.8 Å². The molecule has 1 aromatic heterocycles. The molecule has 2 aromatic rings. The molecule has 24 heavy (non-hydrogen) atoms. The molecule has 2 N–H and O–H groups in total. The lowest BCUT2D eigenvalue weighted by Gasteiger charge is -2.14. The zero-order chi connectivity index (χ0) is 17.7. The maximum atomic E-state index is 12.2. The van der Waals surface area contributed by atoms with Crippen molar-refractivity contribution >= 4 is 17.6 Å². The highest BCUT2D eigenvalue weighted by Crippen LogP contribution is 2.16. The smallest absolute Gasteiger partial charge is 0.303 e. The van der Waals surface area contributed by atoms with Gasteiger partial charge in [0.05, 0.1) is 11.7 Å². The van der Waals surface area contributed by atoms with E-state index < -0.39 is 5.97 Å². The number of hydrogen-bond donors (Lipinski definition) is 2. The SMILES string of the molecule is Cc1cc(C)n(C(C)CC(=O)Nc2ccc(CCC(=O)O)cc2)n1. The lowest BCUT2D eigenvalue weighted by molar-refractivity contribution is -0.137. The van der Waals surface area contributed by atoms with Gasteiger partial charge in [-0.1, -0.05) is 12.1 Å². The van der Waals surface area contributed by atoms with E-state index in [0.717, 1.165) is 17.0 Å². The highest BCUT2D eigenvalue weighted by atomic mass is 16.4. The molecule has 0 saturated carbocycles. The van der Waals surface area contributed by atoms with Crippen LogP contribution in [0.5, 0.6) is 0 Å². The Morgan fingerprint density at radius 3 is 2.46 bits per heavy atom. The van der Waals surface area contributed by atoms with Gasteiger partial charge in [-0.3, -0.25) is 14.3 Å². The van der Waals surface area contributed by atoms with Crippen LogP contribution in [-0.2, 0) is 16.0 Å². The Morgan fingerprint density at radius 2 is 1.92 bits per heavy atom. The van der Waals surface area contributed by atoms with Crippen molar-refractivity contribution in [2.24, 2.45) is 0 Å². The number of benzene rings is 1. The average molecular weight is 329 g/mol. The van der Waals surface area contributed by atoms with Crippen molar-refractivity contribution in [3.05, 3.63) is 47.3 Å². The molecule has 0 spiro atoms. The number of carbonyl (C=O) groups is 2. The van der Waals surface area contributed by atoms with Crippen LogP contribution in [0.15, 0.2) is 30.3 Å². The summed E-state index contributed by atoms with van der Waals surface area (Å²) < 4.78 is 1.86. The van der Waals surface area contributed by atoms with E-state index in [1.807, 2.05) is 43.7 Å². The zero-order valence-corrected chi connectivity index (χ0v) is 14.2. The first-order valence-corrected chi connectivity index (χ1v) is 7.98. The van der Waals surface area contributed by atoms with Crippen molar-refractivity contribution in [2.75, 3.05) is 5.32 Å². The summed E-state index contributed by atoms with van der Waals surface area (Å²) in [5, 5.41) is 16.0. The van der Waals surface area contributed by atoms with E-state index in [9.17, 15) is 9.59 Å². The summed E-state index contributed by atoms with van der Waals surface area (Å²) in [5.41, 5.74) is 3.62. The average Bonchev–Trinajstić information content (AvgIpc) is 2.85. The first-order valence-electron chi connectivity index (χ1n) is 7.98. The Morgan fingerprint density at radius 1 is 1.25 bits per heavy atom. The standard InChI is InChI=1S/C18H23N3O3/c1-12-10-13(2)21(20-12)14(3)11-17(22)19-16-7-4-15(5-8-16)6-9-18(23)24/h4-5,7-8,10,14H,6,9,11H2,1-3H3,(H,19,22)(H,23,24). The molecule has 1 amide bonds. The van der Waals surface area contributed by atoms with Crippen molar-refractivity contribution in [1.82, 2.24) is 9.78 Å². The Labute approximate surface area is 141 Å². The number of hydrogen-bond acceptors (Lipinski definition) is 3. The predicted octanol–water partition coefficient (Wildman–Crippen LogP) is 3.11. The molecule has 1 heterocycles. The highest BCUT2D eigenvalue weighted by Gasteiger charge is 2.14. The predicted molar refractivity (Wildman–Crippen MR) is 92.1 cm³/mol. The van der Waals surface area contributed by atoms with Crippen LogP contribution in [0.25, 0.3) is 0 Å². The summed E-state index contributed by atoms with van der Waals surface area (Å²) in [6, 6.07) is 9.23. The molecule has 6 heteroatoms. The minimum Gasteiger partial charge on any atom is -0.481 e. The second kappa shape index (κ2) is 7.77. The Bertz CT molecular complexity index is 720. The van der Waals surface area contributed by atoms with Crippen molar-refractivity contribution < 1.29 is 14.7 Å². The van der Waals surface area contributed by atoms with E-state index in [4.69, 9.17) is 5.11 Å². The number of amides is 1. The summed E-state index contributed by atoms with van der Waals surface area (Å²) in [6.45, 7) is 5.88. The maximum absolute atomic E-state index is 12.2. The third kappa shape index (κ3) is 4.94. The molecule has 0 saturated heterocycles. The van der Waals surface area contributed by atoms with Gasteiger partial charge in [-0.25, -0.2) is 0 Å². The first-order chi connectivity index (χ1) is 11.3. The molecule has 1 atom stereocenters. The van der Waals surface area contributed by atoms with Crippen LogP contribution in [0.4, 0.5) is 5.69 Å². The van der Waals surface area contributed by atoms with Gasteiger partial charge in [0.25, 0.3) is 0 Å². The quantitative estimate of drug-likeness (QED) is 0.817. The van der Waals surface area contributed by atoms with Gasteiger partial charge in [0, 0.05) is 24.2 Å². The van der Waals surface area contributed by atoms with E-state index >= 15 is 0 Å². The molecule has 2 rings (SSSR count). The van der Waals surface area contributed by atoms with E-state index in [-0.39, 0.29) is 18.4 Å². The van der Waals surface area contributed by atoms with E-state index in [2.05, 4.69) is 10.4 Å². The second-order valence-corrected chi connectivity index (χ2v) is 6.06. The molecule has 128 valence electrons. The number of rotatable bonds is 7. The molecule has 0 bridgehead atoms. The summed E-state index contributed by atoms with van der Waals surface area (Å²) in [5.74, 6) is -0.890. The van der Waals surface area contributed by atoms with Gasteiger partial charge in [0.2, 0.25) is 5.91 Å². The summed E-state index contributed by atoms with van der Waals surface area (Å²) in [4.78, 5) is 22.8. The molecule has 6 nitrogen and oxygen atoms in total. The van der Waals surface area contributed by atoms with E-state index in [1.165, 1.54) is 0 Å². The highest BCUT2D eigenvalue weighted by molar-refractivity contribution is 5.90. The van der Waals surface area contributed by atoms with Crippen LogP contribution in [0.3, 0.4) is 0 Å². The van der Waals surface area contributed by atoms with Gasteiger partial charge in [0.15, 0.2) is 0 Å². The number of nitrogens with zero attached hydrogens (tertiary/aromatic N) is 2. The number of aromatic nitrogens is 2. The third-order valence-electron chi connectivity index (χ3n) is 3.81. The van der Waals surface area contributed by atoms with Gasteiger partial charge in [0.1, 0.15) is 0 Å². The number of carboxylic acid groups (broad SMARTS) is 1. The second-order valence-electron chi connectivity index (χ2n) is 6.06. The van der Waals surface area contributed by atoms with Gasteiger partial charge in [-0.05, 0) is 51.0 Å². The molecular weight excluding hydrogens is 306 g/mol. The summed E-state index contributed by atoms with van der Waals surface area (Å²) in [6.07, 6.45) is 0.924. The molecule has 0 radical (unpaired) electrons. The van der Waals surface area contributed by atoms with Crippen molar-refractivity contribution in [2.45, 2.75) is 46.1 Å². The molecule has 0 aliphatic rings. The van der Waals surface area contributed by atoms with Gasteiger partial charge in [-0.2, -0.15) is 5.10 Å². The van der Waals surface area contributed by atoms with E-state index in [0.29, 0.717) is 18.5 Å². The van der Waals surface area contributed by atoms with Crippen LogP contribution in [-0.4, -0.2) is 26.8 Å². The van der Waals surface area contributed by atoms with Crippen molar-refractivity contribution in [3.63, 3.8) is 0 Å². The Hall–Kier alpha value is -2.63. The minimum absolute atomic E-state index is 0.0199. The Kier molecular flexibility index (Phi) is 5.73. The van der Waals surface area contributed by atoms with Gasteiger partial charge < -0.3 is 10.4 Å². The first kappa shape index (κ1) is 17.7. The van der Waals surface area contributed by atoms with Crippen LogP contribution in [0.1, 0.15) is 42.8 Å². The van der Waals surface area contributed by atoms with Crippen LogP contribution in [0.2, 0.25) is 0 Å². The number of aliphatic carboxylic acids is 1. The maximum Gasteiger partial charge on any atom is 0.303 e. The summed E-state index contributed by atoms with van der Waals surface area (Å²) >= 11 is 0. The van der Waals surface area contributed by atoms with Gasteiger partial charge >= 0.3 is 5.97 Å². The fraction of sp³-hybridized carbons (Fsp3) is 0.389. The third-order valence-corrected chi connectivity index (χ3v) is 3.81. The number of anilines is 1. The number of carboxylic acids is 1. The molecule has 0 aliphatic carbocycles.